The molecule has 2 aliphatic rings. The summed E-state index contributed by atoms with van der Waals surface area (Å²) in [6.45, 7) is 2.28. The van der Waals surface area contributed by atoms with E-state index in [4.69, 9.17) is 4.74 Å². The molecule has 0 radical (unpaired) electrons. The molecule has 0 aromatic carbocycles. The molecule has 2 aliphatic carbocycles. The Morgan fingerprint density at radius 1 is 1.06 bits per heavy atom. The maximum absolute atomic E-state index is 5.63. The van der Waals surface area contributed by atoms with Gasteiger partial charge in [0, 0.05) is 13.7 Å². The third kappa shape index (κ3) is 3.21. The molecule has 0 atom stereocenters. The highest BCUT2D eigenvalue weighted by molar-refractivity contribution is 4.91. The van der Waals surface area contributed by atoms with Crippen LogP contribution in [-0.2, 0) is 4.74 Å². The molecule has 0 unspecified atom stereocenters. The minimum atomic E-state index is 0.199. The van der Waals surface area contributed by atoms with E-state index in [-0.39, 0.29) is 5.60 Å². The van der Waals surface area contributed by atoms with Crippen LogP contribution in [0.2, 0.25) is 0 Å². The van der Waals surface area contributed by atoms with Gasteiger partial charge in [0.25, 0.3) is 0 Å². The average Bonchev–Trinajstić information content (AvgIpc) is 2.50. The van der Waals surface area contributed by atoms with Crippen LogP contribution >= 0.6 is 0 Å². The van der Waals surface area contributed by atoms with Gasteiger partial charge in [0.15, 0.2) is 0 Å². The van der Waals surface area contributed by atoms with Crippen molar-refractivity contribution in [1.29, 1.82) is 0 Å². The van der Waals surface area contributed by atoms with Gasteiger partial charge in [-0.15, -0.1) is 0 Å². The van der Waals surface area contributed by atoms with E-state index in [0.29, 0.717) is 0 Å². The van der Waals surface area contributed by atoms with Crippen molar-refractivity contribution in [2.24, 2.45) is 5.92 Å². The lowest BCUT2D eigenvalue weighted by Gasteiger charge is -2.41. The van der Waals surface area contributed by atoms with Crippen molar-refractivity contribution in [2.45, 2.75) is 63.4 Å². The van der Waals surface area contributed by atoms with E-state index in [1.807, 2.05) is 7.11 Å². The molecular formula is C14H27NO. The zero-order chi connectivity index (χ0) is 11.3. The molecule has 0 amide bonds. The molecule has 16 heavy (non-hydrogen) atoms. The van der Waals surface area contributed by atoms with Crippen molar-refractivity contribution < 1.29 is 4.74 Å². The normalized spacial score (nSPS) is 26.1. The Labute approximate surface area is 100 Å². The molecule has 2 saturated carbocycles. The van der Waals surface area contributed by atoms with E-state index in [0.717, 1.165) is 12.5 Å². The number of nitrogens with one attached hydrogen (secondary N) is 1. The van der Waals surface area contributed by atoms with Crippen LogP contribution in [0, 0.1) is 5.92 Å². The lowest BCUT2D eigenvalue weighted by atomic mass is 9.80. The van der Waals surface area contributed by atoms with Crippen molar-refractivity contribution in [3.63, 3.8) is 0 Å². The highest BCUT2D eigenvalue weighted by Gasteiger charge is 2.36. The van der Waals surface area contributed by atoms with Gasteiger partial charge >= 0.3 is 0 Å². The minimum Gasteiger partial charge on any atom is -0.377 e. The van der Waals surface area contributed by atoms with Gasteiger partial charge in [0.05, 0.1) is 5.60 Å². The van der Waals surface area contributed by atoms with Crippen molar-refractivity contribution in [3.05, 3.63) is 0 Å². The Kier molecular flexibility index (Phi) is 4.66. The van der Waals surface area contributed by atoms with Crippen molar-refractivity contribution in [1.82, 2.24) is 5.32 Å². The number of hydrogen-bond acceptors (Lipinski definition) is 2. The van der Waals surface area contributed by atoms with Gasteiger partial charge in [0.1, 0.15) is 0 Å². The van der Waals surface area contributed by atoms with Gasteiger partial charge in [-0.1, -0.05) is 25.7 Å². The van der Waals surface area contributed by atoms with Crippen LogP contribution in [0.5, 0.6) is 0 Å². The van der Waals surface area contributed by atoms with E-state index < -0.39 is 0 Å². The molecule has 2 heteroatoms. The fourth-order valence-corrected chi connectivity index (χ4v) is 3.10. The van der Waals surface area contributed by atoms with E-state index in [2.05, 4.69) is 5.32 Å². The summed E-state index contributed by atoms with van der Waals surface area (Å²) in [6, 6.07) is 0. The molecule has 0 heterocycles. The fraction of sp³-hybridized carbons (Fsp3) is 1.00. The van der Waals surface area contributed by atoms with Crippen molar-refractivity contribution in [2.75, 3.05) is 20.2 Å². The topological polar surface area (TPSA) is 21.3 Å². The number of ether oxygens (including phenoxy) is 1. The van der Waals surface area contributed by atoms with Gasteiger partial charge in [0.2, 0.25) is 0 Å². The monoisotopic (exact) mass is 225 g/mol. The summed E-state index contributed by atoms with van der Waals surface area (Å²) in [5, 5.41) is 3.65. The average molecular weight is 225 g/mol. The molecule has 0 aliphatic heterocycles. The second kappa shape index (κ2) is 6.02. The molecule has 0 aromatic rings. The summed E-state index contributed by atoms with van der Waals surface area (Å²) in [5.41, 5.74) is 0.199. The lowest BCUT2D eigenvalue weighted by Crippen LogP contribution is -2.48. The van der Waals surface area contributed by atoms with Gasteiger partial charge in [-0.05, 0) is 44.6 Å². The molecule has 0 bridgehead atoms. The zero-order valence-electron chi connectivity index (χ0n) is 10.8. The molecule has 2 nitrogen and oxygen atoms in total. The van der Waals surface area contributed by atoms with Crippen LogP contribution in [0.15, 0.2) is 0 Å². The van der Waals surface area contributed by atoms with E-state index in [1.165, 1.54) is 64.3 Å². The second-order valence-electron chi connectivity index (χ2n) is 5.73. The highest BCUT2D eigenvalue weighted by atomic mass is 16.5. The first-order valence-corrected chi connectivity index (χ1v) is 7.10. The standard InChI is InChI=1S/C14H27NO/c1-16-14(9-6-10-14)12-15-11-13-7-4-2-3-5-8-13/h13,15H,2-12H2,1H3. The molecule has 2 fully saturated rings. The first-order chi connectivity index (χ1) is 7.85. The van der Waals surface area contributed by atoms with Crippen LogP contribution in [-0.4, -0.2) is 25.8 Å². The third-order valence-electron chi connectivity index (χ3n) is 4.55. The van der Waals surface area contributed by atoms with Crippen LogP contribution in [0.25, 0.3) is 0 Å². The molecule has 94 valence electrons. The largest absolute Gasteiger partial charge is 0.377 e. The smallest absolute Gasteiger partial charge is 0.0802 e. The van der Waals surface area contributed by atoms with Crippen LogP contribution in [0.4, 0.5) is 0 Å². The Morgan fingerprint density at radius 2 is 1.75 bits per heavy atom. The quantitative estimate of drug-likeness (QED) is 0.726. The van der Waals surface area contributed by atoms with Gasteiger partial charge in [-0.3, -0.25) is 0 Å². The van der Waals surface area contributed by atoms with Crippen LogP contribution in [0.1, 0.15) is 57.8 Å². The SMILES string of the molecule is COC1(CNCC2CCCCCC2)CCC1. The number of hydrogen-bond donors (Lipinski definition) is 1. The summed E-state index contributed by atoms with van der Waals surface area (Å²) < 4.78 is 5.63. The van der Waals surface area contributed by atoms with Crippen molar-refractivity contribution in [3.8, 4) is 0 Å². The van der Waals surface area contributed by atoms with Gasteiger partial charge < -0.3 is 10.1 Å². The predicted molar refractivity (Wildman–Crippen MR) is 67.7 cm³/mol. The Hall–Kier alpha value is -0.0800. The third-order valence-corrected chi connectivity index (χ3v) is 4.55. The summed E-state index contributed by atoms with van der Waals surface area (Å²) in [7, 11) is 1.87. The summed E-state index contributed by atoms with van der Waals surface area (Å²) in [4.78, 5) is 0. The molecule has 0 saturated heterocycles. The predicted octanol–water partition coefficient (Wildman–Crippen LogP) is 3.12. The molecule has 2 rings (SSSR count). The first-order valence-electron chi connectivity index (χ1n) is 7.10. The van der Waals surface area contributed by atoms with Gasteiger partial charge in [-0.25, -0.2) is 0 Å². The van der Waals surface area contributed by atoms with E-state index in [9.17, 15) is 0 Å². The maximum Gasteiger partial charge on any atom is 0.0802 e. The highest BCUT2D eigenvalue weighted by Crippen LogP contribution is 2.34. The Morgan fingerprint density at radius 3 is 2.25 bits per heavy atom. The Bertz CT molecular complexity index is 187. The molecular weight excluding hydrogens is 198 g/mol. The number of rotatable bonds is 5. The lowest BCUT2D eigenvalue weighted by molar-refractivity contribution is -0.0697. The summed E-state index contributed by atoms with van der Waals surface area (Å²) in [6.07, 6.45) is 12.5. The maximum atomic E-state index is 5.63. The molecule has 0 spiro atoms. The molecule has 1 N–H and O–H groups in total. The zero-order valence-corrected chi connectivity index (χ0v) is 10.8. The van der Waals surface area contributed by atoms with E-state index >= 15 is 0 Å². The fourth-order valence-electron chi connectivity index (χ4n) is 3.10. The summed E-state index contributed by atoms with van der Waals surface area (Å²) >= 11 is 0. The summed E-state index contributed by atoms with van der Waals surface area (Å²) in [5.74, 6) is 0.927. The van der Waals surface area contributed by atoms with Gasteiger partial charge in [-0.2, -0.15) is 0 Å². The van der Waals surface area contributed by atoms with Crippen LogP contribution < -0.4 is 5.32 Å². The molecule has 0 aromatic heterocycles. The van der Waals surface area contributed by atoms with E-state index in [1.54, 1.807) is 0 Å². The first kappa shape index (κ1) is 12.4. The van der Waals surface area contributed by atoms with Crippen molar-refractivity contribution >= 4 is 0 Å². The van der Waals surface area contributed by atoms with Crippen LogP contribution in [0.3, 0.4) is 0 Å². The Balaban J connectivity index is 1.62. The second-order valence-corrected chi connectivity index (χ2v) is 5.73. The minimum absolute atomic E-state index is 0.199. The number of methoxy groups -OCH3 is 1.